The monoisotopic (exact) mass is 161 g/mol. The van der Waals surface area contributed by atoms with Gasteiger partial charge in [-0.2, -0.15) is 0 Å². The molecule has 2 N–H and O–H groups in total. The first-order chi connectivity index (χ1) is 4.74. The van der Waals surface area contributed by atoms with Crippen molar-refractivity contribution in [2.24, 2.45) is 5.73 Å². The number of aromatic nitrogens is 2. The van der Waals surface area contributed by atoms with Crippen LogP contribution in [-0.2, 0) is 6.54 Å². The molecular formula is C5H5ClFN3. The third-order valence-corrected chi connectivity index (χ3v) is 1.20. The van der Waals surface area contributed by atoms with E-state index in [1.165, 1.54) is 0 Å². The molecule has 0 saturated heterocycles. The largest absolute Gasteiger partial charge is 0.324 e. The molecular weight excluding hydrogens is 157 g/mol. The number of nitrogens with two attached hydrogens (primary N) is 1. The van der Waals surface area contributed by atoms with Gasteiger partial charge in [0.05, 0.1) is 12.7 Å². The van der Waals surface area contributed by atoms with Crippen LogP contribution in [0.4, 0.5) is 4.39 Å². The fourth-order valence-electron chi connectivity index (χ4n) is 0.478. The molecule has 0 aliphatic heterocycles. The van der Waals surface area contributed by atoms with E-state index < -0.39 is 5.82 Å². The molecule has 1 aromatic heterocycles. The van der Waals surface area contributed by atoms with Crippen LogP contribution in [0.2, 0.25) is 5.15 Å². The fourth-order valence-corrected chi connectivity index (χ4v) is 0.625. The van der Waals surface area contributed by atoms with Crippen molar-refractivity contribution in [3.63, 3.8) is 0 Å². The quantitative estimate of drug-likeness (QED) is 0.618. The molecule has 0 aromatic carbocycles. The lowest BCUT2D eigenvalue weighted by atomic mass is 10.5. The summed E-state index contributed by atoms with van der Waals surface area (Å²) >= 11 is 5.31. The van der Waals surface area contributed by atoms with Gasteiger partial charge in [-0.05, 0) is 0 Å². The molecule has 0 fully saturated rings. The molecule has 1 heterocycles. The van der Waals surface area contributed by atoms with Crippen LogP contribution < -0.4 is 5.73 Å². The molecule has 0 aliphatic carbocycles. The summed E-state index contributed by atoms with van der Waals surface area (Å²) in [7, 11) is 0. The molecule has 5 heteroatoms. The van der Waals surface area contributed by atoms with Gasteiger partial charge in [0.15, 0.2) is 11.0 Å². The summed E-state index contributed by atoms with van der Waals surface area (Å²) in [5.74, 6) is -0.287. The van der Waals surface area contributed by atoms with Gasteiger partial charge in [0, 0.05) is 0 Å². The van der Waals surface area contributed by atoms with Gasteiger partial charge in [-0.1, -0.05) is 11.6 Å². The summed E-state index contributed by atoms with van der Waals surface area (Å²) in [6.45, 7) is 0.167. The highest BCUT2D eigenvalue weighted by atomic mass is 35.5. The van der Waals surface area contributed by atoms with Crippen molar-refractivity contribution < 1.29 is 4.39 Å². The van der Waals surface area contributed by atoms with Gasteiger partial charge in [0.2, 0.25) is 0 Å². The molecule has 0 unspecified atom stereocenters. The molecule has 0 radical (unpaired) electrons. The molecule has 0 aliphatic rings. The highest BCUT2D eigenvalue weighted by molar-refractivity contribution is 6.29. The van der Waals surface area contributed by atoms with Crippen molar-refractivity contribution in [3.05, 3.63) is 23.0 Å². The number of rotatable bonds is 1. The first-order valence-corrected chi connectivity index (χ1v) is 2.99. The first kappa shape index (κ1) is 7.37. The second-order valence-electron chi connectivity index (χ2n) is 1.63. The van der Waals surface area contributed by atoms with E-state index in [9.17, 15) is 4.39 Å². The van der Waals surface area contributed by atoms with Crippen LogP contribution in [0.5, 0.6) is 0 Å². The second kappa shape index (κ2) is 2.90. The topological polar surface area (TPSA) is 51.8 Å². The Kier molecular flexibility index (Phi) is 2.13. The van der Waals surface area contributed by atoms with Crippen LogP contribution in [0.3, 0.4) is 0 Å². The maximum Gasteiger partial charge on any atom is 0.178 e. The standard InChI is InChI=1S/C5H5ClFN3/c6-5-3(7)2-9-4(1-8)10-5/h2H,1,8H2. The van der Waals surface area contributed by atoms with Crippen molar-refractivity contribution in [1.29, 1.82) is 0 Å². The van der Waals surface area contributed by atoms with E-state index in [-0.39, 0.29) is 11.7 Å². The van der Waals surface area contributed by atoms with Crippen LogP contribution in [0.25, 0.3) is 0 Å². The molecule has 0 spiro atoms. The smallest absolute Gasteiger partial charge is 0.178 e. The summed E-state index contributed by atoms with van der Waals surface area (Å²) in [5, 5.41) is -0.185. The van der Waals surface area contributed by atoms with Gasteiger partial charge in [0.25, 0.3) is 0 Å². The first-order valence-electron chi connectivity index (χ1n) is 2.61. The summed E-state index contributed by atoms with van der Waals surface area (Å²) < 4.78 is 12.3. The van der Waals surface area contributed by atoms with Gasteiger partial charge < -0.3 is 5.73 Å². The Hall–Kier alpha value is -0.740. The predicted octanol–water partition coefficient (Wildman–Crippen LogP) is 0.728. The van der Waals surface area contributed by atoms with Gasteiger partial charge in [-0.15, -0.1) is 0 Å². The van der Waals surface area contributed by atoms with E-state index in [0.29, 0.717) is 5.82 Å². The average molecular weight is 162 g/mol. The zero-order chi connectivity index (χ0) is 7.56. The van der Waals surface area contributed by atoms with E-state index in [0.717, 1.165) is 6.20 Å². The van der Waals surface area contributed by atoms with Crippen molar-refractivity contribution in [3.8, 4) is 0 Å². The van der Waals surface area contributed by atoms with Gasteiger partial charge in [-0.25, -0.2) is 14.4 Å². The third-order valence-electron chi connectivity index (χ3n) is 0.934. The van der Waals surface area contributed by atoms with Crippen molar-refractivity contribution >= 4 is 11.6 Å². The molecule has 1 aromatic rings. The Labute approximate surface area is 62.0 Å². The Balaban J connectivity index is 3.04. The van der Waals surface area contributed by atoms with E-state index in [1.54, 1.807) is 0 Å². The molecule has 10 heavy (non-hydrogen) atoms. The zero-order valence-electron chi connectivity index (χ0n) is 5.01. The van der Waals surface area contributed by atoms with Crippen molar-refractivity contribution in [2.45, 2.75) is 6.54 Å². The SMILES string of the molecule is NCc1ncc(F)c(Cl)n1. The van der Waals surface area contributed by atoms with Crippen molar-refractivity contribution in [1.82, 2.24) is 9.97 Å². The van der Waals surface area contributed by atoms with Crippen LogP contribution in [0.15, 0.2) is 6.20 Å². The highest BCUT2D eigenvalue weighted by Gasteiger charge is 2.01. The van der Waals surface area contributed by atoms with Gasteiger partial charge >= 0.3 is 0 Å². The molecule has 0 atom stereocenters. The number of hydrogen-bond acceptors (Lipinski definition) is 3. The summed E-state index contributed by atoms with van der Waals surface area (Å²) in [6.07, 6.45) is 0.998. The highest BCUT2D eigenvalue weighted by Crippen LogP contribution is 2.08. The third kappa shape index (κ3) is 1.40. The molecule has 1 rings (SSSR count). The van der Waals surface area contributed by atoms with Crippen molar-refractivity contribution in [2.75, 3.05) is 0 Å². The van der Waals surface area contributed by atoms with E-state index in [1.807, 2.05) is 0 Å². The predicted molar refractivity (Wildman–Crippen MR) is 34.9 cm³/mol. The average Bonchev–Trinajstić information content (AvgIpc) is 1.95. The Morgan fingerprint density at radius 1 is 1.70 bits per heavy atom. The lowest BCUT2D eigenvalue weighted by Crippen LogP contribution is -2.03. The number of nitrogens with zero attached hydrogens (tertiary/aromatic N) is 2. The van der Waals surface area contributed by atoms with Crippen LogP contribution in [-0.4, -0.2) is 9.97 Å². The Morgan fingerprint density at radius 3 is 2.90 bits per heavy atom. The summed E-state index contributed by atoms with van der Waals surface area (Å²) in [6, 6.07) is 0. The molecule has 0 bridgehead atoms. The summed E-state index contributed by atoms with van der Waals surface area (Å²) in [5.41, 5.74) is 5.16. The molecule has 0 saturated carbocycles. The van der Waals surface area contributed by atoms with E-state index in [2.05, 4.69) is 9.97 Å². The Morgan fingerprint density at radius 2 is 2.40 bits per heavy atom. The minimum absolute atomic E-state index is 0.167. The number of halogens is 2. The molecule has 54 valence electrons. The van der Waals surface area contributed by atoms with Gasteiger partial charge in [0.1, 0.15) is 5.82 Å². The fraction of sp³-hybridized carbons (Fsp3) is 0.200. The lowest BCUT2D eigenvalue weighted by molar-refractivity contribution is 0.609. The second-order valence-corrected chi connectivity index (χ2v) is 1.99. The minimum Gasteiger partial charge on any atom is -0.324 e. The lowest BCUT2D eigenvalue weighted by Gasteiger charge is -1.94. The van der Waals surface area contributed by atoms with Crippen LogP contribution in [0.1, 0.15) is 5.82 Å². The molecule has 3 nitrogen and oxygen atoms in total. The maximum absolute atomic E-state index is 12.3. The van der Waals surface area contributed by atoms with E-state index >= 15 is 0 Å². The zero-order valence-corrected chi connectivity index (χ0v) is 5.77. The van der Waals surface area contributed by atoms with Crippen LogP contribution >= 0.6 is 11.6 Å². The van der Waals surface area contributed by atoms with E-state index in [4.69, 9.17) is 17.3 Å². The van der Waals surface area contributed by atoms with Crippen LogP contribution in [0, 0.1) is 5.82 Å². The summed E-state index contributed by atoms with van der Waals surface area (Å²) in [4.78, 5) is 7.11. The van der Waals surface area contributed by atoms with Gasteiger partial charge in [-0.3, -0.25) is 0 Å². The normalized spacial score (nSPS) is 9.90. The maximum atomic E-state index is 12.3. The minimum atomic E-state index is -0.626. The Bertz CT molecular complexity index is 240. The number of hydrogen-bond donors (Lipinski definition) is 1. The molecule has 0 amide bonds.